The lowest BCUT2D eigenvalue weighted by Crippen LogP contribution is -2.46. The maximum atomic E-state index is 13.1. The second-order valence-electron chi connectivity index (χ2n) is 8.61. The molecule has 2 fully saturated rings. The number of thioether (sulfide) groups is 1. The number of ether oxygens (including phenoxy) is 1. The Kier molecular flexibility index (Phi) is 8.26. The van der Waals surface area contributed by atoms with Gasteiger partial charge in [0.25, 0.3) is 5.69 Å². The third-order valence-corrected chi connectivity index (χ3v) is 7.22. The highest BCUT2D eigenvalue weighted by molar-refractivity contribution is 8.14. The summed E-state index contributed by atoms with van der Waals surface area (Å²) in [7, 11) is 3.52. The number of rotatable bonds is 6. The Balaban J connectivity index is 1.49. The Labute approximate surface area is 202 Å². The summed E-state index contributed by atoms with van der Waals surface area (Å²) in [6.07, 6.45) is 1.25. The molecule has 34 heavy (non-hydrogen) atoms. The molecule has 0 spiro atoms. The molecule has 2 aliphatic rings. The first kappa shape index (κ1) is 25.6. The predicted molar refractivity (Wildman–Crippen MR) is 126 cm³/mol. The molecule has 1 N–H and O–H groups in total. The SMILES string of the molecule is CC(=O)S[C@H]1C[C@@H](C(=O)N2CC[C@@H](N(C)C(=N)C(=O)OCc3ccc([N+](=O)[O-])cc3)C2)N(C)C1. The fraction of sp³-hybridized carbons (Fsp3) is 0.545. The molecule has 184 valence electrons. The zero-order chi connectivity index (χ0) is 25.0. The third-order valence-electron chi connectivity index (χ3n) is 6.21. The first-order valence-electron chi connectivity index (χ1n) is 10.9. The normalized spacial score (nSPS) is 22.4. The van der Waals surface area contributed by atoms with Crippen molar-refractivity contribution in [2.24, 2.45) is 0 Å². The molecule has 0 aromatic heterocycles. The largest absolute Gasteiger partial charge is 0.455 e. The molecule has 3 rings (SSSR count). The maximum Gasteiger partial charge on any atom is 0.373 e. The number of esters is 1. The number of nitrogens with zero attached hydrogens (tertiary/aromatic N) is 4. The number of non-ortho nitro benzene ring substituents is 1. The van der Waals surface area contributed by atoms with Crippen LogP contribution in [0, 0.1) is 15.5 Å². The van der Waals surface area contributed by atoms with E-state index in [-0.39, 0.29) is 46.5 Å². The zero-order valence-corrected chi connectivity index (χ0v) is 20.2. The Morgan fingerprint density at radius 2 is 1.94 bits per heavy atom. The van der Waals surface area contributed by atoms with Crippen molar-refractivity contribution in [3.05, 3.63) is 39.9 Å². The van der Waals surface area contributed by atoms with Gasteiger partial charge in [0.2, 0.25) is 11.7 Å². The molecule has 2 saturated heterocycles. The maximum absolute atomic E-state index is 13.1. The van der Waals surface area contributed by atoms with E-state index in [1.54, 1.807) is 11.9 Å². The highest BCUT2D eigenvalue weighted by Crippen LogP contribution is 2.29. The number of likely N-dealkylation sites (N-methyl/N-ethyl adjacent to an activating group) is 2. The van der Waals surface area contributed by atoms with Crippen molar-refractivity contribution in [2.75, 3.05) is 33.7 Å². The van der Waals surface area contributed by atoms with Crippen LogP contribution in [0.4, 0.5) is 5.69 Å². The van der Waals surface area contributed by atoms with E-state index >= 15 is 0 Å². The number of amides is 1. The van der Waals surface area contributed by atoms with Crippen LogP contribution in [0.5, 0.6) is 0 Å². The molecule has 0 bridgehead atoms. The average Bonchev–Trinajstić information content (AvgIpc) is 3.42. The molecule has 0 saturated carbocycles. The number of nitrogens with one attached hydrogen (secondary N) is 1. The molecule has 12 heteroatoms. The van der Waals surface area contributed by atoms with E-state index < -0.39 is 10.9 Å². The average molecular weight is 492 g/mol. The number of amidine groups is 1. The Morgan fingerprint density at radius 1 is 1.26 bits per heavy atom. The van der Waals surface area contributed by atoms with Gasteiger partial charge >= 0.3 is 5.97 Å². The van der Waals surface area contributed by atoms with E-state index in [1.807, 2.05) is 11.9 Å². The van der Waals surface area contributed by atoms with Crippen molar-refractivity contribution in [2.45, 2.75) is 43.7 Å². The minimum absolute atomic E-state index is 0.0114. The number of hydrogen-bond donors (Lipinski definition) is 1. The number of nitro benzene ring substituents is 1. The van der Waals surface area contributed by atoms with Crippen molar-refractivity contribution in [1.82, 2.24) is 14.7 Å². The van der Waals surface area contributed by atoms with Crippen LogP contribution in [0.1, 0.15) is 25.3 Å². The predicted octanol–water partition coefficient (Wildman–Crippen LogP) is 1.50. The number of carbonyl (C=O) groups excluding carboxylic acids is 3. The first-order chi connectivity index (χ1) is 16.1. The second-order valence-corrected chi connectivity index (χ2v) is 10.1. The molecule has 1 aromatic carbocycles. The van der Waals surface area contributed by atoms with Gasteiger partial charge in [-0.3, -0.25) is 30.0 Å². The van der Waals surface area contributed by atoms with Crippen LogP contribution >= 0.6 is 11.8 Å². The van der Waals surface area contributed by atoms with Crippen LogP contribution in [0.25, 0.3) is 0 Å². The van der Waals surface area contributed by atoms with Gasteiger partial charge in [0.15, 0.2) is 5.12 Å². The van der Waals surface area contributed by atoms with E-state index in [4.69, 9.17) is 10.1 Å². The third kappa shape index (κ3) is 6.11. The van der Waals surface area contributed by atoms with Crippen LogP contribution in [0.2, 0.25) is 0 Å². The topological polar surface area (TPSA) is 137 Å². The minimum Gasteiger partial charge on any atom is -0.455 e. The molecule has 0 aliphatic carbocycles. The molecule has 11 nitrogen and oxygen atoms in total. The first-order valence-corrected chi connectivity index (χ1v) is 11.8. The summed E-state index contributed by atoms with van der Waals surface area (Å²) in [6, 6.07) is 5.20. The van der Waals surface area contributed by atoms with E-state index in [1.165, 1.54) is 47.9 Å². The van der Waals surface area contributed by atoms with E-state index in [0.29, 0.717) is 38.0 Å². The van der Waals surface area contributed by atoms with E-state index in [0.717, 1.165) is 0 Å². The zero-order valence-electron chi connectivity index (χ0n) is 19.4. The summed E-state index contributed by atoms with van der Waals surface area (Å²) in [4.78, 5) is 52.3. The molecular formula is C22H29N5O6S. The number of nitro groups is 1. The van der Waals surface area contributed by atoms with Crippen molar-refractivity contribution >= 4 is 40.3 Å². The lowest BCUT2D eigenvalue weighted by molar-refractivity contribution is -0.384. The fourth-order valence-electron chi connectivity index (χ4n) is 4.29. The molecule has 2 heterocycles. The summed E-state index contributed by atoms with van der Waals surface area (Å²) >= 11 is 1.28. The van der Waals surface area contributed by atoms with Gasteiger partial charge in [-0.25, -0.2) is 4.79 Å². The van der Waals surface area contributed by atoms with Crippen LogP contribution < -0.4 is 0 Å². The highest BCUT2D eigenvalue weighted by Gasteiger charge is 2.40. The van der Waals surface area contributed by atoms with Gasteiger partial charge in [0.1, 0.15) is 6.61 Å². The summed E-state index contributed by atoms with van der Waals surface area (Å²) in [5, 5.41) is 19.1. The van der Waals surface area contributed by atoms with Gasteiger partial charge in [-0.2, -0.15) is 0 Å². The Morgan fingerprint density at radius 3 is 2.56 bits per heavy atom. The number of benzene rings is 1. The van der Waals surface area contributed by atoms with Crippen LogP contribution in [-0.2, 0) is 25.7 Å². The molecule has 1 amide bonds. The van der Waals surface area contributed by atoms with Crippen molar-refractivity contribution in [1.29, 1.82) is 5.41 Å². The van der Waals surface area contributed by atoms with Gasteiger partial charge in [0, 0.05) is 57.0 Å². The monoisotopic (exact) mass is 491 g/mol. The van der Waals surface area contributed by atoms with Crippen molar-refractivity contribution < 1.29 is 24.0 Å². The quantitative estimate of drug-likeness (QED) is 0.206. The van der Waals surface area contributed by atoms with Crippen LogP contribution in [-0.4, -0.2) is 93.5 Å². The number of carbonyl (C=O) groups is 3. The van der Waals surface area contributed by atoms with Crippen molar-refractivity contribution in [3.8, 4) is 0 Å². The summed E-state index contributed by atoms with van der Waals surface area (Å²) in [6.45, 7) is 3.06. The van der Waals surface area contributed by atoms with Gasteiger partial charge in [-0.1, -0.05) is 11.8 Å². The van der Waals surface area contributed by atoms with Gasteiger partial charge in [-0.15, -0.1) is 0 Å². The Hall–Kier alpha value is -2.99. The highest BCUT2D eigenvalue weighted by atomic mass is 32.2. The fourth-order valence-corrected chi connectivity index (χ4v) is 5.35. The summed E-state index contributed by atoms with van der Waals surface area (Å²) in [5.74, 6) is -1.10. The summed E-state index contributed by atoms with van der Waals surface area (Å²) in [5.41, 5.74) is 0.522. The van der Waals surface area contributed by atoms with Gasteiger partial charge in [-0.05, 0) is 37.6 Å². The van der Waals surface area contributed by atoms with Crippen LogP contribution in [0.3, 0.4) is 0 Å². The molecule has 0 unspecified atom stereocenters. The van der Waals surface area contributed by atoms with Crippen molar-refractivity contribution in [3.63, 3.8) is 0 Å². The smallest absolute Gasteiger partial charge is 0.373 e. The van der Waals surface area contributed by atoms with Crippen LogP contribution in [0.15, 0.2) is 24.3 Å². The molecule has 0 radical (unpaired) electrons. The number of likely N-dealkylation sites (tertiary alicyclic amines) is 2. The van der Waals surface area contributed by atoms with Gasteiger partial charge < -0.3 is 14.5 Å². The lowest BCUT2D eigenvalue weighted by atomic mass is 10.2. The molecular weight excluding hydrogens is 462 g/mol. The molecule has 1 aromatic rings. The number of hydrogen-bond acceptors (Lipinski definition) is 9. The van der Waals surface area contributed by atoms with E-state index in [9.17, 15) is 24.5 Å². The molecule has 2 aliphatic heterocycles. The summed E-state index contributed by atoms with van der Waals surface area (Å²) < 4.78 is 5.19. The van der Waals surface area contributed by atoms with Gasteiger partial charge in [0.05, 0.1) is 11.0 Å². The second kappa shape index (κ2) is 11.0. The molecule has 3 atom stereocenters. The lowest BCUT2D eigenvalue weighted by Gasteiger charge is -2.28. The Bertz CT molecular complexity index is 971. The minimum atomic E-state index is -0.801. The standard InChI is InChI=1S/C22H29N5O6S/c1-14(28)34-18-10-19(24(2)12-18)21(29)26-9-8-17(11-26)25(3)20(23)22(30)33-13-15-4-6-16(7-5-15)27(31)32/h4-7,17-19,23H,8-13H2,1-3H3/t17-,18+,19+/m1/s1. The van der Waals surface area contributed by atoms with E-state index in [2.05, 4.69) is 0 Å².